The maximum Gasteiger partial charge on any atom is 0.234 e. The molecule has 0 unspecified atom stereocenters. The molecule has 0 amide bonds. The van der Waals surface area contributed by atoms with Crippen LogP contribution in [0.2, 0.25) is 0 Å². The summed E-state index contributed by atoms with van der Waals surface area (Å²) in [5.41, 5.74) is 6.30. The first-order valence-electron chi connectivity index (χ1n) is 6.72. The van der Waals surface area contributed by atoms with Gasteiger partial charge >= 0.3 is 0 Å². The quantitative estimate of drug-likeness (QED) is 0.868. The van der Waals surface area contributed by atoms with Crippen LogP contribution in [0.3, 0.4) is 0 Å². The highest BCUT2D eigenvalue weighted by Crippen LogP contribution is 2.35. The van der Waals surface area contributed by atoms with Crippen molar-refractivity contribution in [3.8, 4) is 0 Å². The summed E-state index contributed by atoms with van der Waals surface area (Å²) in [6.45, 7) is 0.419. The van der Waals surface area contributed by atoms with Crippen molar-refractivity contribution in [2.45, 2.75) is 50.7 Å². The van der Waals surface area contributed by atoms with Crippen molar-refractivity contribution in [1.82, 2.24) is 19.8 Å². The Hall–Kier alpha value is -1.05. The molecule has 2 aromatic heterocycles. The van der Waals surface area contributed by atoms with Crippen molar-refractivity contribution < 1.29 is 4.74 Å². The zero-order valence-corrected chi connectivity index (χ0v) is 11.9. The van der Waals surface area contributed by atoms with Gasteiger partial charge in [-0.3, -0.25) is 0 Å². The monoisotopic (exact) mass is 281 g/mol. The van der Waals surface area contributed by atoms with E-state index in [9.17, 15) is 0 Å². The third kappa shape index (κ3) is 2.37. The van der Waals surface area contributed by atoms with Gasteiger partial charge in [-0.15, -0.1) is 10.2 Å². The van der Waals surface area contributed by atoms with Gasteiger partial charge in [-0.25, -0.2) is 0 Å². The van der Waals surface area contributed by atoms with Gasteiger partial charge in [0.25, 0.3) is 0 Å². The predicted octanol–water partition coefficient (Wildman–Crippen LogP) is 1.84. The standard InChI is InChI=1S/C12H19N5OS/c1-18-8-9-14-15-11-17(9)16-10(19-11)12(13)6-4-2-3-5-7-12/h2-8,13H2,1H3. The minimum atomic E-state index is -0.286. The van der Waals surface area contributed by atoms with Gasteiger partial charge in [0.1, 0.15) is 11.6 Å². The Balaban J connectivity index is 1.95. The molecule has 0 radical (unpaired) electrons. The van der Waals surface area contributed by atoms with E-state index in [-0.39, 0.29) is 5.54 Å². The third-order valence-corrected chi connectivity index (χ3v) is 4.87. The first-order chi connectivity index (χ1) is 9.23. The van der Waals surface area contributed by atoms with Crippen molar-refractivity contribution in [3.05, 3.63) is 10.8 Å². The zero-order valence-electron chi connectivity index (χ0n) is 11.1. The SMILES string of the molecule is COCc1nnc2sc(C3(N)CCCCCC3)nn12. The first-order valence-corrected chi connectivity index (χ1v) is 7.54. The van der Waals surface area contributed by atoms with E-state index in [2.05, 4.69) is 15.3 Å². The molecule has 2 heterocycles. The second kappa shape index (κ2) is 5.15. The Labute approximate surface area is 116 Å². The number of fused-ring (bicyclic) bond motifs is 1. The van der Waals surface area contributed by atoms with Crippen LogP contribution in [0.25, 0.3) is 4.96 Å². The maximum absolute atomic E-state index is 6.58. The van der Waals surface area contributed by atoms with E-state index in [1.54, 1.807) is 23.0 Å². The molecule has 6 nitrogen and oxygen atoms in total. The molecule has 7 heteroatoms. The van der Waals surface area contributed by atoms with Crippen molar-refractivity contribution >= 4 is 16.3 Å². The molecule has 1 fully saturated rings. The highest BCUT2D eigenvalue weighted by Gasteiger charge is 2.32. The van der Waals surface area contributed by atoms with E-state index in [1.165, 1.54) is 25.7 Å². The van der Waals surface area contributed by atoms with Crippen molar-refractivity contribution in [2.75, 3.05) is 7.11 Å². The number of ether oxygens (including phenoxy) is 1. The summed E-state index contributed by atoms with van der Waals surface area (Å²) >= 11 is 1.56. The van der Waals surface area contributed by atoms with E-state index in [0.29, 0.717) is 6.61 Å². The number of aromatic nitrogens is 4. The number of rotatable bonds is 3. The van der Waals surface area contributed by atoms with Crippen molar-refractivity contribution in [2.24, 2.45) is 5.73 Å². The lowest BCUT2D eigenvalue weighted by Crippen LogP contribution is -2.36. The molecule has 0 aromatic carbocycles. The average Bonchev–Trinajstić information content (AvgIpc) is 2.89. The second-order valence-corrected chi connectivity index (χ2v) is 6.18. The van der Waals surface area contributed by atoms with E-state index in [4.69, 9.17) is 10.5 Å². The molecule has 1 saturated carbocycles. The van der Waals surface area contributed by atoms with E-state index in [1.807, 2.05) is 0 Å². The topological polar surface area (TPSA) is 78.3 Å². The summed E-state index contributed by atoms with van der Waals surface area (Å²) < 4.78 is 6.87. The van der Waals surface area contributed by atoms with Crippen LogP contribution in [0.5, 0.6) is 0 Å². The van der Waals surface area contributed by atoms with Crippen molar-refractivity contribution in [1.29, 1.82) is 0 Å². The van der Waals surface area contributed by atoms with Crippen LogP contribution >= 0.6 is 11.3 Å². The van der Waals surface area contributed by atoms with Gasteiger partial charge in [0.2, 0.25) is 4.96 Å². The lowest BCUT2D eigenvalue weighted by atomic mass is 9.92. The summed E-state index contributed by atoms with van der Waals surface area (Å²) in [6.07, 6.45) is 6.94. The summed E-state index contributed by atoms with van der Waals surface area (Å²) in [7, 11) is 1.64. The molecule has 104 valence electrons. The predicted molar refractivity (Wildman–Crippen MR) is 72.9 cm³/mol. The van der Waals surface area contributed by atoms with E-state index < -0.39 is 0 Å². The Morgan fingerprint density at radius 1 is 1.26 bits per heavy atom. The molecule has 3 rings (SSSR count). The van der Waals surface area contributed by atoms with Crippen molar-refractivity contribution in [3.63, 3.8) is 0 Å². The summed E-state index contributed by atoms with van der Waals surface area (Å²) in [6, 6.07) is 0. The van der Waals surface area contributed by atoms with E-state index >= 15 is 0 Å². The minimum Gasteiger partial charge on any atom is -0.377 e. The van der Waals surface area contributed by atoms with Crippen LogP contribution in [0, 0.1) is 0 Å². The number of nitrogens with two attached hydrogens (primary N) is 1. The van der Waals surface area contributed by atoms with Gasteiger partial charge < -0.3 is 10.5 Å². The number of hydrogen-bond donors (Lipinski definition) is 1. The Morgan fingerprint density at radius 2 is 2.00 bits per heavy atom. The molecule has 1 aliphatic rings. The third-order valence-electron chi connectivity index (χ3n) is 3.75. The van der Waals surface area contributed by atoms with Gasteiger partial charge in [0.05, 0.1) is 5.54 Å². The lowest BCUT2D eigenvalue weighted by Gasteiger charge is -2.24. The maximum atomic E-state index is 6.58. The number of methoxy groups -OCH3 is 1. The van der Waals surface area contributed by atoms with Crippen LogP contribution in [-0.2, 0) is 16.9 Å². The molecule has 0 bridgehead atoms. The molecule has 0 saturated heterocycles. The number of hydrogen-bond acceptors (Lipinski definition) is 6. The van der Waals surface area contributed by atoms with E-state index in [0.717, 1.165) is 28.6 Å². The fraction of sp³-hybridized carbons (Fsp3) is 0.750. The normalized spacial score (nSPS) is 19.7. The van der Waals surface area contributed by atoms with Crippen LogP contribution in [-0.4, -0.2) is 26.9 Å². The van der Waals surface area contributed by atoms with Crippen LogP contribution in [0.4, 0.5) is 0 Å². The molecule has 0 aliphatic heterocycles. The smallest absolute Gasteiger partial charge is 0.234 e. The molecule has 0 spiro atoms. The van der Waals surface area contributed by atoms with Gasteiger partial charge in [-0.1, -0.05) is 37.0 Å². The van der Waals surface area contributed by atoms with Crippen LogP contribution in [0.1, 0.15) is 49.4 Å². The molecular weight excluding hydrogens is 262 g/mol. The molecular formula is C12H19N5OS. The van der Waals surface area contributed by atoms with Gasteiger partial charge in [0.15, 0.2) is 5.82 Å². The Morgan fingerprint density at radius 3 is 2.68 bits per heavy atom. The fourth-order valence-corrected chi connectivity index (χ4v) is 3.67. The second-order valence-electron chi connectivity index (χ2n) is 5.22. The van der Waals surface area contributed by atoms with Gasteiger partial charge in [0, 0.05) is 7.11 Å². The largest absolute Gasteiger partial charge is 0.377 e. The van der Waals surface area contributed by atoms with Crippen LogP contribution < -0.4 is 5.73 Å². The lowest BCUT2D eigenvalue weighted by molar-refractivity contribution is 0.175. The van der Waals surface area contributed by atoms with Crippen LogP contribution in [0.15, 0.2) is 0 Å². The van der Waals surface area contributed by atoms with Gasteiger partial charge in [-0.05, 0) is 12.8 Å². The molecule has 2 aromatic rings. The molecule has 0 atom stereocenters. The average molecular weight is 281 g/mol. The minimum absolute atomic E-state index is 0.286. The molecule has 19 heavy (non-hydrogen) atoms. The highest BCUT2D eigenvalue weighted by atomic mass is 32.1. The van der Waals surface area contributed by atoms with Gasteiger partial charge in [-0.2, -0.15) is 9.61 Å². The Kier molecular flexibility index (Phi) is 3.51. The Bertz CT molecular complexity index is 555. The zero-order chi connectivity index (χ0) is 13.3. The molecule has 1 aliphatic carbocycles. The fourth-order valence-electron chi connectivity index (χ4n) is 2.65. The highest BCUT2D eigenvalue weighted by molar-refractivity contribution is 7.16. The number of nitrogens with zero attached hydrogens (tertiary/aromatic N) is 4. The summed E-state index contributed by atoms with van der Waals surface area (Å²) in [4.78, 5) is 0.802. The molecule has 2 N–H and O–H groups in total. The summed E-state index contributed by atoms with van der Waals surface area (Å²) in [5, 5.41) is 13.8. The summed E-state index contributed by atoms with van der Waals surface area (Å²) in [5.74, 6) is 0.734. The first kappa shape index (κ1) is 13.0.